The lowest BCUT2D eigenvalue weighted by Crippen LogP contribution is -2.35. The number of aromatic nitrogens is 1. The smallest absolute Gasteiger partial charge is 0.283 e. The lowest BCUT2D eigenvalue weighted by Gasteiger charge is -2.20. The van der Waals surface area contributed by atoms with Crippen LogP contribution in [0.15, 0.2) is 70.4 Å². The van der Waals surface area contributed by atoms with Crippen LogP contribution in [0.2, 0.25) is 0 Å². The Morgan fingerprint density at radius 2 is 1.84 bits per heavy atom. The van der Waals surface area contributed by atoms with Gasteiger partial charge in [0, 0.05) is 22.7 Å². The summed E-state index contributed by atoms with van der Waals surface area (Å²) < 4.78 is 8.15. The SMILES string of the molecule is CCCCCCCC1=NN2C(=N)/C(=C/c3cn(CCOc4ccccc4C)c4ccccc34)C(=O)N=C2S1. The Balaban J connectivity index is 1.33. The quantitative estimate of drug-likeness (QED) is 0.215. The van der Waals surface area contributed by atoms with E-state index in [1.54, 1.807) is 6.08 Å². The maximum Gasteiger partial charge on any atom is 0.283 e. The van der Waals surface area contributed by atoms with Gasteiger partial charge in [-0.2, -0.15) is 15.1 Å². The van der Waals surface area contributed by atoms with Gasteiger partial charge in [-0.15, -0.1) is 0 Å². The standard InChI is InChI=1S/C30H33N5O2S/c1-3-4-5-6-7-16-27-33-35-28(31)24(29(36)32-30(35)38-27)19-22-20-34(25-14-10-9-13-23(22)25)17-18-37-26-15-11-8-12-21(26)2/h8-15,19-20,31H,3-7,16-18H2,1-2H3/b24-19-,31-28?. The van der Waals surface area contributed by atoms with Gasteiger partial charge in [-0.25, -0.2) is 0 Å². The van der Waals surface area contributed by atoms with Crippen molar-refractivity contribution in [3.63, 3.8) is 0 Å². The lowest BCUT2D eigenvalue weighted by molar-refractivity contribution is -0.114. The Labute approximate surface area is 227 Å². The summed E-state index contributed by atoms with van der Waals surface area (Å²) in [7, 11) is 0. The third-order valence-electron chi connectivity index (χ3n) is 6.79. The maximum atomic E-state index is 13.0. The molecule has 0 bridgehead atoms. The zero-order valence-corrected chi connectivity index (χ0v) is 22.8. The van der Waals surface area contributed by atoms with Gasteiger partial charge in [-0.1, -0.05) is 69.0 Å². The molecule has 1 amide bonds. The molecular formula is C30H33N5O2S. The molecule has 0 unspecified atom stereocenters. The van der Waals surface area contributed by atoms with Gasteiger partial charge in [0.1, 0.15) is 17.4 Å². The van der Waals surface area contributed by atoms with E-state index >= 15 is 0 Å². The fourth-order valence-electron chi connectivity index (χ4n) is 4.72. The molecule has 196 valence electrons. The number of ether oxygens (including phenoxy) is 1. The minimum Gasteiger partial charge on any atom is -0.491 e. The van der Waals surface area contributed by atoms with Crippen LogP contribution in [0.1, 0.15) is 56.6 Å². The molecule has 7 nitrogen and oxygen atoms in total. The normalized spacial score (nSPS) is 16.3. The molecule has 3 heterocycles. The van der Waals surface area contributed by atoms with Gasteiger partial charge >= 0.3 is 0 Å². The van der Waals surface area contributed by atoms with Gasteiger partial charge in [0.2, 0.25) is 5.17 Å². The van der Waals surface area contributed by atoms with Crippen molar-refractivity contribution < 1.29 is 9.53 Å². The summed E-state index contributed by atoms with van der Waals surface area (Å²) in [5, 5.41) is 17.3. The van der Waals surface area contributed by atoms with Crippen LogP contribution < -0.4 is 4.74 Å². The van der Waals surface area contributed by atoms with Gasteiger partial charge in [0.25, 0.3) is 5.91 Å². The second-order valence-electron chi connectivity index (χ2n) is 9.59. The topological polar surface area (TPSA) is 83.0 Å². The van der Waals surface area contributed by atoms with Crippen LogP contribution in [0.3, 0.4) is 0 Å². The Kier molecular flexibility index (Phi) is 8.08. The summed E-state index contributed by atoms with van der Waals surface area (Å²) in [6, 6.07) is 16.1. The third kappa shape index (κ3) is 5.60. The van der Waals surface area contributed by atoms with Gasteiger partial charge in [-0.3, -0.25) is 10.2 Å². The van der Waals surface area contributed by atoms with Crippen molar-refractivity contribution in [1.82, 2.24) is 9.58 Å². The van der Waals surface area contributed by atoms with E-state index in [1.807, 2.05) is 55.6 Å². The van der Waals surface area contributed by atoms with Gasteiger partial charge < -0.3 is 9.30 Å². The number of nitrogens with zero attached hydrogens (tertiary/aromatic N) is 4. The molecule has 38 heavy (non-hydrogen) atoms. The highest BCUT2D eigenvalue weighted by Crippen LogP contribution is 2.31. The largest absolute Gasteiger partial charge is 0.491 e. The van der Waals surface area contributed by atoms with E-state index in [0.29, 0.717) is 18.3 Å². The summed E-state index contributed by atoms with van der Waals surface area (Å²) in [4.78, 5) is 17.3. The number of unbranched alkanes of at least 4 members (excludes halogenated alkanes) is 4. The zero-order chi connectivity index (χ0) is 26.5. The molecule has 0 saturated heterocycles. The number of amidine groups is 2. The highest BCUT2D eigenvalue weighted by Gasteiger charge is 2.35. The Morgan fingerprint density at radius 1 is 1.05 bits per heavy atom. The number of aliphatic imine (C=N–C) groups is 1. The van der Waals surface area contributed by atoms with Gasteiger partial charge in [0.05, 0.1) is 12.1 Å². The second-order valence-corrected chi connectivity index (χ2v) is 10.6. The minimum atomic E-state index is -0.395. The van der Waals surface area contributed by atoms with E-state index < -0.39 is 5.91 Å². The number of thioether (sulfide) groups is 1. The molecule has 0 saturated carbocycles. The molecule has 0 spiro atoms. The van der Waals surface area contributed by atoms with Crippen molar-refractivity contribution in [3.8, 4) is 5.75 Å². The summed E-state index contributed by atoms with van der Waals surface area (Å²) in [6.07, 6.45) is 10.6. The molecule has 0 fully saturated rings. The van der Waals surface area contributed by atoms with Crippen molar-refractivity contribution in [2.75, 3.05) is 6.61 Å². The number of carbonyl (C=O) groups excluding carboxylic acids is 1. The van der Waals surface area contributed by atoms with E-state index in [4.69, 9.17) is 10.1 Å². The number of para-hydroxylation sites is 2. The zero-order valence-electron chi connectivity index (χ0n) is 21.9. The first-order valence-electron chi connectivity index (χ1n) is 13.3. The molecule has 1 aromatic heterocycles. The number of aryl methyl sites for hydroxylation is 1. The highest BCUT2D eigenvalue weighted by atomic mass is 32.2. The Morgan fingerprint density at radius 3 is 2.68 bits per heavy atom. The predicted octanol–water partition coefficient (Wildman–Crippen LogP) is 7.01. The molecule has 5 rings (SSSR count). The lowest BCUT2D eigenvalue weighted by atomic mass is 10.1. The predicted molar refractivity (Wildman–Crippen MR) is 157 cm³/mol. The highest BCUT2D eigenvalue weighted by molar-refractivity contribution is 8.26. The summed E-state index contributed by atoms with van der Waals surface area (Å²) in [5.41, 5.74) is 3.27. The molecule has 0 aliphatic carbocycles. The third-order valence-corrected chi connectivity index (χ3v) is 7.76. The molecule has 2 aromatic carbocycles. The van der Waals surface area contributed by atoms with Crippen LogP contribution in [0.25, 0.3) is 17.0 Å². The molecular weight excluding hydrogens is 494 g/mol. The van der Waals surface area contributed by atoms with Crippen molar-refractivity contribution in [2.45, 2.75) is 58.9 Å². The first kappa shape index (κ1) is 26.0. The first-order valence-corrected chi connectivity index (χ1v) is 14.1. The molecule has 0 radical (unpaired) electrons. The summed E-state index contributed by atoms with van der Waals surface area (Å²) in [6.45, 7) is 5.41. The maximum absolute atomic E-state index is 13.0. The van der Waals surface area contributed by atoms with Crippen LogP contribution in [-0.4, -0.2) is 38.1 Å². The molecule has 2 aliphatic rings. The molecule has 8 heteroatoms. The Bertz CT molecular complexity index is 1450. The average Bonchev–Trinajstić information content (AvgIpc) is 3.49. The molecule has 1 N–H and O–H groups in total. The molecule has 2 aliphatic heterocycles. The number of hydrogen-bond donors (Lipinski definition) is 1. The number of carbonyl (C=O) groups is 1. The number of hydrogen-bond acceptors (Lipinski definition) is 5. The molecule has 0 atom stereocenters. The second kappa shape index (κ2) is 11.8. The number of benzene rings is 2. The van der Waals surface area contributed by atoms with Crippen molar-refractivity contribution >= 4 is 50.7 Å². The van der Waals surface area contributed by atoms with E-state index in [1.165, 1.54) is 42.5 Å². The van der Waals surface area contributed by atoms with Crippen LogP contribution >= 0.6 is 11.8 Å². The number of nitrogens with one attached hydrogen (secondary N) is 1. The number of rotatable bonds is 11. The fourth-order valence-corrected chi connectivity index (χ4v) is 5.64. The van der Waals surface area contributed by atoms with E-state index in [9.17, 15) is 4.79 Å². The van der Waals surface area contributed by atoms with Gasteiger partial charge in [0.15, 0.2) is 5.84 Å². The Hall–Kier alpha value is -3.65. The number of hydrazone groups is 1. The number of fused-ring (bicyclic) bond motifs is 2. The van der Waals surface area contributed by atoms with E-state index in [2.05, 4.69) is 27.7 Å². The van der Waals surface area contributed by atoms with Crippen LogP contribution in [-0.2, 0) is 11.3 Å². The van der Waals surface area contributed by atoms with E-state index in [-0.39, 0.29) is 11.4 Å². The van der Waals surface area contributed by atoms with Crippen LogP contribution in [0.5, 0.6) is 5.75 Å². The average molecular weight is 528 g/mol. The monoisotopic (exact) mass is 527 g/mol. The van der Waals surface area contributed by atoms with Crippen molar-refractivity contribution in [3.05, 3.63) is 71.4 Å². The minimum absolute atomic E-state index is 0.0770. The fraction of sp³-hybridized carbons (Fsp3) is 0.333. The number of amides is 1. The molecule has 3 aromatic rings. The van der Waals surface area contributed by atoms with Crippen LogP contribution in [0, 0.1) is 12.3 Å². The van der Waals surface area contributed by atoms with E-state index in [0.717, 1.165) is 45.7 Å². The summed E-state index contributed by atoms with van der Waals surface area (Å²) >= 11 is 1.41. The van der Waals surface area contributed by atoms with Crippen LogP contribution in [0.4, 0.5) is 0 Å². The summed E-state index contributed by atoms with van der Waals surface area (Å²) in [5.74, 6) is 0.562. The van der Waals surface area contributed by atoms with Crippen molar-refractivity contribution in [2.24, 2.45) is 10.1 Å². The van der Waals surface area contributed by atoms with Crippen molar-refractivity contribution in [1.29, 1.82) is 5.41 Å². The first-order chi connectivity index (χ1) is 18.5. The van der Waals surface area contributed by atoms with Gasteiger partial charge in [-0.05, 0) is 55.3 Å².